The molecule has 5 nitrogen and oxygen atoms in total. The summed E-state index contributed by atoms with van der Waals surface area (Å²) in [6, 6.07) is 7.54. The molecular formula is C17H20ClN3O2S. The van der Waals surface area contributed by atoms with Crippen LogP contribution in [0.25, 0.3) is 0 Å². The second kappa shape index (κ2) is 7.07. The summed E-state index contributed by atoms with van der Waals surface area (Å²) in [6.45, 7) is 4.14. The number of fused-ring (bicyclic) bond motifs is 1. The molecule has 0 saturated heterocycles. The number of benzene rings is 1. The molecule has 1 aliphatic heterocycles. The van der Waals surface area contributed by atoms with Gasteiger partial charge >= 0.3 is 0 Å². The number of H-pyrrole nitrogens is 1. The van der Waals surface area contributed by atoms with E-state index in [9.17, 15) is 9.59 Å². The number of aromatic nitrogens is 2. The van der Waals surface area contributed by atoms with Crippen LogP contribution in [0.2, 0.25) is 5.02 Å². The van der Waals surface area contributed by atoms with Crippen molar-refractivity contribution in [3.8, 4) is 0 Å². The highest BCUT2D eigenvalue weighted by molar-refractivity contribution is 8.00. The fourth-order valence-electron chi connectivity index (χ4n) is 3.02. The largest absolute Gasteiger partial charge is 0.310 e. The van der Waals surface area contributed by atoms with Gasteiger partial charge < -0.3 is 5.32 Å². The molecule has 2 heterocycles. The second-order valence-electron chi connectivity index (χ2n) is 6.00. The molecule has 3 rings (SSSR count). The van der Waals surface area contributed by atoms with Crippen LogP contribution in [0.1, 0.15) is 49.1 Å². The van der Waals surface area contributed by atoms with Gasteiger partial charge in [0.1, 0.15) is 5.82 Å². The third-order valence-electron chi connectivity index (χ3n) is 4.18. The van der Waals surface area contributed by atoms with Crippen LogP contribution < -0.4 is 10.9 Å². The second-order valence-corrected chi connectivity index (χ2v) is 7.53. The van der Waals surface area contributed by atoms with Crippen molar-refractivity contribution in [2.75, 3.05) is 11.1 Å². The molecule has 0 bridgehead atoms. The summed E-state index contributed by atoms with van der Waals surface area (Å²) in [4.78, 5) is 24.8. The number of amides is 1. The van der Waals surface area contributed by atoms with E-state index in [1.54, 1.807) is 4.68 Å². The van der Waals surface area contributed by atoms with E-state index in [4.69, 9.17) is 11.6 Å². The third kappa shape index (κ3) is 3.26. The molecule has 0 saturated carbocycles. The number of hydrogen-bond acceptors (Lipinski definition) is 3. The Morgan fingerprint density at radius 2 is 2.04 bits per heavy atom. The highest BCUT2D eigenvalue weighted by atomic mass is 35.5. The summed E-state index contributed by atoms with van der Waals surface area (Å²) in [5.74, 6) is 0.814. The SMILES string of the molecule is CCC[C@H](C)n1[nH]c(=O)c2c1NC(=O)CS[C@@H]2c1ccc(Cl)cc1. The van der Waals surface area contributed by atoms with E-state index >= 15 is 0 Å². The third-order valence-corrected chi connectivity index (χ3v) is 5.71. The number of aromatic amines is 1. The average Bonchev–Trinajstić information content (AvgIpc) is 2.75. The fourth-order valence-corrected chi connectivity index (χ4v) is 4.27. The Labute approximate surface area is 149 Å². The highest BCUT2D eigenvalue weighted by Gasteiger charge is 2.31. The zero-order valence-corrected chi connectivity index (χ0v) is 15.2. The van der Waals surface area contributed by atoms with Gasteiger partial charge in [0.05, 0.1) is 16.6 Å². The molecule has 0 radical (unpaired) electrons. The van der Waals surface area contributed by atoms with Crippen molar-refractivity contribution in [2.45, 2.75) is 38.0 Å². The zero-order chi connectivity index (χ0) is 17.3. The van der Waals surface area contributed by atoms with Crippen molar-refractivity contribution in [3.63, 3.8) is 0 Å². The van der Waals surface area contributed by atoms with Crippen molar-refractivity contribution >= 4 is 35.1 Å². The van der Waals surface area contributed by atoms with Crippen LogP contribution >= 0.6 is 23.4 Å². The van der Waals surface area contributed by atoms with Gasteiger partial charge in [0.2, 0.25) is 5.91 Å². The Kier molecular flexibility index (Phi) is 5.06. The normalized spacial score (nSPS) is 18.6. The summed E-state index contributed by atoms with van der Waals surface area (Å²) in [5, 5.41) is 6.26. The Morgan fingerprint density at radius 1 is 1.33 bits per heavy atom. The molecule has 24 heavy (non-hydrogen) atoms. The predicted octanol–water partition coefficient (Wildman–Crippen LogP) is 3.97. The maximum atomic E-state index is 12.6. The van der Waals surface area contributed by atoms with Gasteiger partial charge in [-0.2, -0.15) is 0 Å². The standard InChI is InChI=1S/C17H20ClN3O2S/c1-3-4-10(2)21-16-14(17(23)20-21)15(24-9-13(22)19-16)11-5-7-12(18)8-6-11/h5-8,10,15H,3-4,9H2,1-2H3,(H,19,22)(H,20,23)/t10-,15+/m0/s1. The minimum Gasteiger partial charge on any atom is -0.310 e. The van der Waals surface area contributed by atoms with Crippen LogP contribution in [-0.4, -0.2) is 21.4 Å². The molecule has 128 valence electrons. The van der Waals surface area contributed by atoms with Gasteiger partial charge in [0.15, 0.2) is 0 Å². The lowest BCUT2D eigenvalue weighted by molar-refractivity contribution is -0.113. The van der Waals surface area contributed by atoms with Gasteiger partial charge in [-0.3, -0.25) is 19.4 Å². The van der Waals surface area contributed by atoms with Gasteiger partial charge in [-0.05, 0) is 31.0 Å². The molecule has 0 spiro atoms. The molecular weight excluding hydrogens is 346 g/mol. The maximum Gasteiger partial charge on any atom is 0.270 e. The topological polar surface area (TPSA) is 66.9 Å². The summed E-state index contributed by atoms with van der Waals surface area (Å²) >= 11 is 7.43. The molecule has 1 aromatic heterocycles. The monoisotopic (exact) mass is 365 g/mol. The molecule has 1 amide bonds. The molecule has 0 fully saturated rings. The number of carbonyl (C=O) groups excluding carboxylic acids is 1. The molecule has 2 N–H and O–H groups in total. The number of anilines is 1. The summed E-state index contributed by atoms with van der Waals surface area (Å²) in [5.41, 5.74) is 1.42. The summed E-state index contributed by atoms with van der Waals surface area (Å²) in [7, 11) is 0. The molecule has 0 unspecified atom stereocenters. The first-order valence-electron chi connectivity index (χ1n) is 8.02. The van der Waals surface area contributed by atoms with Crippen molar-refractivity contribution in [1.82, 2.24) is 9.78 Å². The minimum atomic E-state index is -0.199. The molecule has 7 heteroatoms. The van der Waals surface area contributed by atoms with E-state index in [1.807, 2.05) is 31.2 Å². The van der Waals surface area contributed by atoms with E-state index < -0.39 is 0 Å². The van der Waals surface area contributed by atoms with E-state index in [0.29, 0.717) is 22.2 Å². The Morgan fingerprint density at radius 3 is 2.71 bits per heavy atom. The Balaban J connectivity index is 2.11. The first-order chi connectivity index (χ1) is 11.5. The number of rotatable bonds is 4. The number of carbonyl (C=O) groups is 1. The summed E-state index contributed by atoms with van der Waals surface area (Å²) < 4.78 is 1.80. The van der Waals surface area contributed by atoms with Gasteiger partial charge in [0, 0.05) is 11.1 Å². The van der Waals surface area contributed by atoms with E-state index in [-0.39, 0.29) is 22.8 Å². The lowest BCUT2D eigenvalue weighted by Gasteiger charge is -2.17. The van der Waals surface area contributed by atoms with Crippen LogP contribution in [0.4, 0.5) is 5.82 Å². The van der Waals surface area contributed by atoms with Crippen LogP contribution in [0.3, 0.4) is 0 Å². The molecule has 1 aliphatic rings. The van der Waals surface area contributed by atoms with Crippen LogP contribution in [0.15, 0.2) is 29.1 Å². The number of nitrogens with zero attached hydrogens (tertiary/aromatic N) is 1. The molecule has 2 atom stereocenters. The number of thioether (sulfide) groups is 1. The minimum absolute atomic E-state index is 0.0887. The fraction of sp³-hybridized carbons (Fsp3) is 0.412. The van der Waals surface area contributed by atoms with Crippen molar-refractivity contribution in [2.24, 2.45) is 0 Å². The number of hydrogen-bond donors (Lipinski definition) is 2. The number of halogens is 1. The van der Waals surface area contributed by atoms with E-state index in [1.165, 1.54) is 11.8 Å². The van der Waals surface area contributed by atoms with Crippen molar-refractivity contribution in [3.05, 3.63) is 50.8 Å². The molecule has 1 aromatic carbocycles. The number of nitrogens with one attached hydrogen (secondary N) is 2. The lowest BCUT2D eigenvalue weighted by atomic mass is 10.1. The summed E-state index contributed by atoms with van der Waals surface area (Å²) in [6.07, 6.45) is 1.92. The quantitative estimate of drug-likeness (QED) is 0.861. The molecule has 0 aliphatic carbocycles. The Hall–Kier alpha value is -1.66. The van der Waals surface area contributed by atoms with Gasteiger partial charge in [0.25, 0.3) is 5.56 Å². The predicted molar refractivity (Wildman–Crippen MR) is 99.1 cm³/mol. The average molecular weight is 366 g/mol. The lowest BCUT2D eigenvalue weighted by Crippen LogP contribution is -2.18. The highest BCUT2D eigenvalue weighted by Crippen LogP contribution is 2.40. The van der Waals surface area contributed by atoms with Crippen LogP contribution in [-0.2, 0) is 4.79 Å². The van der Waals surface area contributed by atoms with Crippen LogP contribution in [0.5, 0.6) is 0 Å². The van der Waals surface area contributed by atoms with E-state index in [0.717, 1.165) is 18.4 Å². The molecule has 2 aromatic rings. The van der Waals surface area contributed by atoms with E-state index in [2.05, 4.69) is 17.3 Å². The zero-order valence-electron chi connectivity index (χ0n) is 13.6. The van der Waals surface area contributed by atoms with Crippen molar-refractivity contribution < 1.29 is 4.79 Å². The first kappa shape index (κ1) is 17.2. The van der Waals surface area contributed by atoms with Crippen molar-refractivity contribution in [1.29, 1.82) is 0 Å². The van der Waals surface area contributed by atoms with Crippen LogP contribution in [0, 0.1) is 0 Å². The van der Waals surface area contributed by atoms with Gasteiger partial charge in [-0.1, -0.05) is 37.1 Å². The first-order valence-corrected chi connectivity index (χ1v) is 9.45. The Bertz CT molecular complexity index is 797. The smallest absolute Gasteiger partial charge is 0.270 e. The maximum absolute atomic E-state index is 12.6. The van der Waals surface area contributed by atoms with Gasteiger partial charge in [-0.15, -0.1) is 11.8 Å². The van der Waals surface area contributed by atoms with Gasteiger partial charge in [-0.25, -0.2) is 0 Å².